The van der Waals surface area contributed by atoms with Crippen LogP contribution in [0.1, 0.15) is 55.2 Å². The van der Waals surface area contributed by atoms with Crippen LogP contribution in [0.2, 0.25) is 0 Å². The molecule has 24 heavy (non-hydrogen) atoms. The van der Waals surface area contributed by atoms with Gasteiger partial charge in [-0.25, -0.2) is 0 Å². The van der Waals surface area contributed by atoms with Crippen LogP contribution in [0.15, 0.2) is 48.5 Å². The van der Waals surface area contributed by atoms with Crippen LogP contribution in [0.25, 0.3) is 0 Å². The Hall–Kier alpha value is -1.90. The molecule has 0 aliphatic heterocycles. The predicted molar refractivity (Wildman–Crippen MR) is 92.5 cm³/mol. The molecule has 1 aliphatic rings. The quantitative estimate of drug-likeness (QED) is 0.629. The minimum Gasteiger partial charge on any atom is -0.429 e. The summed E-state index contributed by atoms with van der Waals surface area (Å²) in [5.41, 5.74) is 2.07. The van der Waals surface area contributed by atoms with E-state index in [0.717, 1.165) is 29.9 Å². The molecule has 0 aromatic heterocycles. The Kier molecular flexibility index (Phi) is 4.88. The third-order valence-corrected chi connectivity index (χ3v) is 5.00. The molecule has 2 aromatic carbocycles. The molecule has 0 spiro atoms. The van der Waals surface area contributed by atoms with Crippen molar-refractivity contribution in [3.8, 4) is 5.75 Å². The molecule has 1 saturated carbocycles. The van der Waals surface area contributed by atoms with Gasteiger partial charge in [-0.05, 0) is 61.4 Å². The van der Waals surface area contributed by atoms with E-state index in [0.29, 0.717) is 5.92 Å². The molecule has 0 bridgehead atoms. The molecule has 0 atom stereocenters. The van der Waals surface area contributed by atoms with Crippen LogP contribution in [-0.4, -0.2) is 0 Å². The van der Waals surface area contributed by atoms with Gasteiger partial charge in [0.05, 0.1) is 5.56 Å². The van der Waals surface area contributed by atoms with Crippen molar-refractivity contribution >= 4 is 0 Å². The average molecular weight is 330 g/mol. The lowest BCUT2D eigenvalue weighted by Gasteiger charge is -2.27. The number of rotatable bonds is 4. The lowest BCUT2D eigenvalue weighted by molar-refractivity contribution is -0.185. The molecule has 0 heterocycles. The lowest BCUT2D eigenvalue weighted by atomic mass is 9.79. The molecule has 0 saturated heterocycles. The van der Waals surface area contributed by atoms with E-state index < -0.39 is 6.11 Å². The molecule has 0 radical (unpaired) electrons. The van der Waals surface area contributed by atoms with Crippen molar-refractivity contribution in [3.63, 3.8) is 0 Å². The van der Waals surface area contributed by atoms with E-state index in [1.165, 1.54) is 25.0 Å². The molecular formula is C21H24F2O. The second kappa shape index (κ2) is 6.92. The molecule has 1 aliphatic carbocycles. The minimum absolute atomic E-state index is 0.101. The molecule has 1 nitrogen and oxygen atoms in total. The van der Waals surface area contributed by atoms with Crippen molar-refractivity contribution in [2.45, 2.75) is 51.6 Å². The summed E-state index contributed by atoms with van der Waals surface area (Å²) in [5.74, 6) is 1.46. The van der Waals surface area contributed by atoms with Gasteiger partial charge < -0.3 is 4.74 Å². The zero-order chi connectivity index (χ0) is 17.2. The highest BCUT2D eigenvalue weighted by atomic mass is 19.3. The summed E-state index contributed by atoms with van der Waals surface area (Å²) in [6.07, 6.45) is 1.42. The van der Waals surface area contributed by atoms with Gasteiger partial charge >= 0.3 is 6.11 Å². The molecule has 3 heteroatoms. The van der Waals surface area contributed by atoms with E-state index in [1.54, 1.807) is 24.3 Å². The number of hydrogen-bond donors (Lipinski definition) is 0. The Labute approximate surface area is 142 Å². The topological polar surface area (TPSA) is 9.23 Å². The first kappa shape index (κ1) is 16.9. The predicted octanol–water partition coefficient (Wildman–Crippen LogP) is 6.42. The Bertz CT molecular complexity index is 653. The molecular weight excluding hydrogens is 306 g/mol. The van der Waals surface area contributed by atoms with Crippen molar-refractivity contribution in [1.82, 2.24) is 0 Å². The Morgan fingerprint density at radius 1 is 0.875 bits per heavy atom. The Balaban J connectivity index is 1.70. The largest absolute Gasteiger partial charge is 0.429 e. The summed E-state index contributed by atoms with van der Waals surface area (Å²) in [7, 11) is 0. The highest BCUT2D eigenvalue weighted by Crippen LogP contribution is 2.37. The third-order valence-electron chi connectivity index (χ3n) is 5.00. The van der Waals surface area contributed by atoms with Gasteiger partial charge in [0.15, 0.2) is 0 Å². The van der Waals surface area contributed by atoms with Gasteiger partial charge in [0.1, 0.15) is 5.75 Å². The van der Waals surface area contributed by atoms with Crippen LogP contribution < -0.4 is 4.74 Å². The molecule has 2 aromatic rings. The fraction of sp³-hybridized carbons (Fsp3) is 0.429. The summed E-state index contributed by atoms with van der Waals surface area (Å²) >= 11 is 0. The van der Waals surface area contributed by atoms with Crippen LogP contribution in [0.5, 0.6) is 5.75 Å². The van der Waals surface area contributed by atoms with Crippen molar-refractivity contribution < 1.29 is 13.5 Å². The summed E-state index contributed by atoms with van der Waals surface area (Å²) in [5, 5.41) is 0. The molecule has 1 fully saturated rings. The summed E-state index contributed by atoms with van der Waals surface area (Å²) in [6, 6.07) is 13.3. The number of benzene rings is 2. The van der Waals surface area contributed by atoms with E-state index in [9.17, 15) is 8.78 Å². The monoisotopic (exact) mass is 330 g/mol. The van der Waals surface area contributed by atoms with E-state index in [2.05, 4.69) is 6.92 Å². The maximum atomic E-state index is 14.3. The van der Waals surface area contributed by atoms with E-state index in [4.69, 9.17) is 4.74 Å². The van der Waals surface area contributed by atoms with E-state index >= 15 is 0 Å². The second-order valence-corrected chi connectivity index (χ2v) is 7.01. The van der Waals surface area contributed by atoms with Crippen molar-refractivity contribution in [3.05, 3.63) is 65.2 Å². The Morgan fingerprint density at radius 2 is 1.46 bits per heavy atom. The average Bonchev–Trinajstić information content (AvgIpc) is 2.58. The second-order valence-electron chi connectivity index (χ2n) is 7.01. The van der Waals surface area contributed by atoms with Crippen LogP contribution in [0, 0.1) is 12.8 Å². The van der Waals surface area contributed by atoms with Gasteiger partial charge in [-0.3, -0.25) is 0 Å². The molecule has 3 rings (SSSR count). The molecule has 128 valence electrons. The van der Waals surface area contributed by atoms with Crippen LogP contribution >= 0.6 is 0 Å². The number of aryl methyl sites for hydroxylation is 1. The third kappa shape index (κ3) is 3.95. The highest BCUT2D eigenvalue weighted by Gasteiger charge is 2.34. The maximum Gasteiger partial charge on any atom is 0.426 e. The number of halogens is 2. The molecule has 0 unspecified atom stereocenters. The van der Waals surface area contributed by atoms with Gasteiger partial charge in [-0.1, -0.05) is 49.6 Å². The van der Waals surface area contributed by atoms with Gasteiger partial charge in [0.25, 0.3) is 0 Å². The fourth-order valence-corrected chi connectivity index (χ4v) is 3.36. The Morgan fingerprint density at radius 3 is 2.04 bits per heavy atom. The summed E-state index contributed by atoms with van der Waals surface area (Å²) in [6.45, 7) is 4.19. The van der Waals surface area contributed by atoms with Gasteiger partial charge in [-0.15, -0.1) is 0 Å². The first-order valence-corrected chi connectivity index (χ1v) is 8.68. The molecule has 0 N–H and O–H groups in total. The smallest absolute Gasteiger partial charge is 0.426 e. The van der Waals surface area contributed by atoms with E-state index in [-0.39, 0.29) is 11.3 Å². The lowest BCUT2D eigenvalue weighted by Crippen LogP contribution is -2.22. The van der Waals surface area contributed by atoms with E-state index in [1.807, 2.05) is 19.1 Å². The zero-order valence-corrected chi connectivity index (χ0v) is 14.3. The highest BCUT2D eigenvalue weighted by molar-refractivity contribution is 5.30. The maximum absolute atomic E-state index is 14.3. The first-order valence-electron chi connectivity index (χ1n) is 8.68. The van der Waals surface area contributed by atoms with Crippen LogP contribution in [-0.2, 0) is 6.11 Å². The van der Waals surface area contributed by atoms with Crippen molar-refractivity contribution in [1.29, 1.82) is 0 Å². The number of hydrogen-bond acceptors (Lipinski definition) is 1. The normalized spacial score (nSPS) is 21.5. The number of alkyl halides is 2. The van der Waals surface area contributed by atoms with Crippen LogP contribution in [0.3, 0.4) is 0 Å². The van der Waals surface area contributed by atoms with Crippen molar-refractivity contribution in [2.75, 3.05) is 0 Å². The van der Waals surface area contributed by atoms with Crippen molar-refractivity contribution in [2.24, 2.45) is 5.92 Å². The standard InChI is InChI=1S/C21H24F2O/c1-15-3-7-17(8-4-15)18-9-11-19(12-10-18)21(22,23)24-20-13-5-16(2)6-14-20/h5-6,9-15,17H,3-4,7-8H2,1-2H3. The SMILES string of the molecule is Cc1ccc(OC(F)(F)c2ccc(C3CCC(C)CC3)cc2)cc1. The number of ether oxygens (including phenoxy) is 1. The summed E-state index contributed by atoms with van der Waals surface area (Å²) in [4.78, 5) is 0. The minimum atomic E-state index is -3.32. The summed E-state index contributed by atoms with van der Waals surface area (Å²) < 4.78 is 33.6. The molecule has 0 amide bonds. The first-order chi connectivity index (χ1) is 11.4. The zero-order valence-electron chi connectivity index (χ0n) is 14.3. The van der Waals surface area contributed by atoms with Gasteiger partial charge in [-0.2, -0.15) is 8.78 Å². The van der Waals surface area contributed by atoms with Gasteiger partial charge in [0, 0.05) is 0 Å². The van der Waals surface area contributed by atoms with Gasteiger partial charge in [0.2, 0.25) is 0 Å². The van der Waals surface area contributed by atoms with Crippen LogP contribution in [0.4, 0.5) is 8.78 Å². The fourth-order valence-electron chi connectivity index (χ4n) is 3.36.